The molecular formula is C15H32O4Si. The molecule has 1 atom stereocenters. The molecular weight excluding hydrogens is 272 g/mol. The van der Waals surface area contributed by atoms with Crippen molar-refractivity contribution in [3.05, 3.63) is 0 Å². The third kappa shape index (κ3) is 7.74. The van der Waals surface area contributed by atoms with Crippen LogP contribution in [-0.2, 0) is 18.0 Å². The van der Waals surface area contributed by atoms with Gasteiger partial charge < -0.3 is 18.0 Å². The Kier molecular flexibility index (Phi) is 9.72. The SMILES string of the molecule is CCCCO[Si](CC1CO1)(OCCCC)OCCCC. The van der Waals surface area contributed by atoms with Crippen LogP contribution in [0.5, 0.6) is 0 Å². The van der Waals surface area contributed by atoms with Crippen molar-refractivity contribution in [1.82, 2.24) is 0 Å². The summed E-state index contributed by atoms with van der Waals surface area (Å²) in [5.41, 5.74) is 0. The Labute approximate surface area is 125 Å². The van der Waals surface area contributed by atoms with E-state index in [1.807, 2.05) is 0 Å². The summed E-state index contributed by atoms with van der Waals surface area (Å²) in [6, 6.07) is 0.824. The molecule has 0 aromatic rings. The minimum Gasteiger partial charge on any atom is -0.373 e. The molecule has 1 rings (SSSR count). The molecule has 1 aliphatic heterocycles. The van der Waals surface area contributed by atoms with Crippen molar-refractivity contribution in [2.45, 2.75) is 71.4 Å². The van der Waals surface area contributed by atoms with Crippen molar-refractivity contribution >= 4 is 8.80 Å². The van der Waals surface area contributed by atoms with E-state index in [0.717, 1.165) is 71.0 Å². The van der Waals surface area contributed by atoms with E-state index < -0.39 is 8.80 Å². The van der Waals surface area contributed by atoms with Crippen LogP contribution < -0.4 is 0 Å². The molecule has 20 heavy (non-hydrogen) atoms. The van der Waals surface area contributed by atoms with E-state index in [2.05, 4.69) is 20.8 Å². The summed E-state index contributed by atoms with van der Waals surface area (Å²) in [7, 11) is -2.53. The third-order valence-corrected chi connectivity index (χ3v) is 6.23. The predicted molar refractivity (Wildman–Crippen MR) is 82.9 cm³/mol. The van der Waals surface area contributed by atoms with Gasteiger partial charge in [-0.1, -0.05) is 40.0 Å². The maximum atomic E-state index is 6.13. The zero-order chi connectivity index (χ0) is 14.7. The standard InChI is InChI=1S/C15H32O4Si/c1-4-7-10-17-20(14-15-13-16-15,18-11-8-5-2)19-12-9-6-3/h15H,4-14H2,1-3H3. The molecule has 0 aromatic carbocycles. The van der Waals surface area contributed by atoms with Gasteiger partial charge >= 0.3 is 8.80 Å². The van der Waals surface area contributed by atoms with E-state index in [-0.39, 0.29) is 0 Å². The Morgan fingerprint density at radius 3 is 1.55 bits per heavy atom. The number of hydrogen-bond acceptors (Lipinski definition) is 4. The number of ether oxygens (including phenoxy) is 1. The summed E-state index contributed by atoms with van der Waals surface area (Å²) < 4.78 is 23.8. The minimum atomic E-state index is -2.53. The number of unbranched alkanes of at least 4 members (excludes halogenated alkanes) is 3. The van der Waals surface area contributed by atoms with Gasteiger partial charge in [0.25, 0.3) is 0 Å². The normalized spacial score (nSPS) is 18.4. The lowest BCUT2D eigenvalue weighted by Gasteiger charge is -2.29. The molecule has 1 unspecified atom stereocenters. The summed E-state index contributed by atoms with van der Waals surface area (Å²) in [5.74, 6) is 0. The average Bonchev–Trinajstić information content (AvgIpc) is 3.23. The number of epoxide rings is 1. The first-order chi connectivity index (χ1) is 9.76. The van der Waals surface area contributed by atoms with Crippen molar-refractivity contribution in [3.8, 4) is 0 Å². The van der Waals surface area contributed by atoms with Crippen molar-refractivity contribution in [2.24, 2.45) is 0 Å². The molecule has 1 saturated heterocycles. The molecule has 0 aliphatic carbocycles. The highest BCUT2D eigenvalue weighted by Gasteiger charge is 2.47. The second-order valence-corrected chi connectivity index (χ2v) is 8.09. The molecule has 0 spiro atoms. The van der Waals surface area contributed by atoms with E-state index >= 15 is 0 Å². The topological polar surface area (TPSA) is 40.2 Å². The fourth-order valence-corrected chi connectivity index (χ4v) is 4.65. The quantitative estimate of drug-likeness (QED) is 0.278. The van der Waals surface area contributed by atoms with E-state index in [1.165, 1.54) is 0 Å². The highest BCUT2D eigenvalue weighted by molar-refractivity contribution is 6.61. The van der Waals surface area contributed by atoms with Gasteiger partial charge in [-0.15, -0.1) is 0 Å². The zero-order valence-corrected chi connectivity index (χ0v) is 14.5. The largest absolute Gasteiger partial charge is 0.503 e. The summed E-state index contributed by atoms with van der Waals surface area (Å²) in [5, 5.41) is 0. The molecule has 0 N–H and O–H groups in total. The first-order valence-electron chi connectivity index (χ1n) is 8.29. The van der Waals surface area contributed by atoms with Gasteiger partial charge in [0.2, 0.25) is 0 Å². The number of rotatable bonds is 14. The van der Waals surface area contributed by atoms with Gasteiger partial charge in [-0.2, -0.15) is 0 Å². The van der Waals surface area contributed by atoms with Crippen LogP contribution in [0.15, 0.2) is 0 Å². The zero-order valence-electron chi connectivity index (χ0n) is 13.5. The van der Waals surface area contributed by atoms with E-state index in [4.69, 9.17) is 18.0 Å². The maximum absolute atomic E-state index is 6.13. The lowest BCUT2D eigenvalue weighted by Crippen LogP contribution is -2.47. The van der Waals surface area contributed by atoms with Gasteiger partial charge in [0, 0.05) is 25.9 Å². The molecule has 120 valence electrons. The molecule has 0 bridgehead atoms. The van der Waals surface area contributed by atoms with Crippen molar-refractivity contribution in [2.75, 3.05) is 26.4 Å². The molecule has 0 radical (unpaired) electrons. The van der Waals surface area contributed by atoms with Crippen LogP contribution in [0, 0.1) is 0 Å². The monoisotopic (exact) mass is 304 g/mol. The molecule has 0 aromatic heterocycles. The summed E-state index contributed by atoms with van der Waals surface area (Å²) in [4.78, 5) is 0. The average molecular weight is 305 g/mol. The first kappa shape index (κ1) is 18.1. The fraction of sp³-hybridized carbons (Fsp3) is 1.00. The summed E-state index contributed by atoms with van der Waals surface area (Å²) >= 11 is 0. The Hall–Kier alpha value is 0.0569. The molecule has 0 amide bonds. The van der Waals surface area contributed by atoms with Crippen LogP contribution in [0.4, 0.5) is 0 Å². The van der Waals surface area contributed by atoms with Gasteiger partial charge in [-0.25, -0.2) is 0 Å². The lowest BCUT2D eigenvalue weighted by atomic mass is 10.4. The van der Waals surface area contributed by atoms with E-state index in [9.17, 15) is 0 Å². The van der Waals surface area contributed by atoms with E-state index in [0.29, 0.717) is 6.10 Å². The molecule has 1 aliphatic rings. The first-order valence-corrected chi connectivity index (χ1v) is 10.2. The smallest absolute Gasteiger partial charge is 0.373 e. The second kappa shape index (κ2) is 10.7. The molecule has 1 fully saturated rings. The van der Waals surface area contributed by atoms with E-state index in [1.54, 1.807) is 0 Å². The highest BCUT2D eigenvalue weighted by atomic mass is 28.4. The predicted octanol–water partition coefficient (Wildman–Crippen LogP) is 3.77. The fourth-order valence-electron chi connectivity index (χ4n) is 1.88. The summed E-state index contributed by atoms with van der Waals surface area (Å²) in [6.07, 6.45) is 6.89. The second-order valence-electron chi connectivity index (χ2n) is 5.45. The molecule has 0 saturated carbocycles. The van der Waals surface area contributed by atoms with Crippen LogP contribution in [-0.4, -0.2) is 41.3 Å². The Bertz CT molecular complexity index is 207. The maximum Gasteiger partial charge on any atom is 0.503 e. The van der Waals surface area contributed by atoms with Crippen LogP contribution in [0.3, 0.4) is 0 Å². The van der Waals surface area contributed by atoms with Gasteiger partial charge in [-0.3, -0.25) is 0 Å². The molecule has 1 heterocycles. The van der Waals surface area contributed by atoms with Gasteiger partial charge in [0.05, 0.1) is 12.7 Å². The minimum absolute atomic E-state index is 0.298. The van der Waals surface area contributed by atoms with Gasteiger partial charge in [-0.05, 0) is 19.3 Å². The van der Waals surface area contributed by atoms with Crippen LogP contribution in [0.1, 0.15) is 59.3 Å². The molecule has 5 heteroatoms. The van der Waals surface area contributed by atoms with Crippen molar-refractivity contribution in [3.63, 3.8) is 0 Å². The van der Waals surface area contributed by atoms with Crippen LogP contribution in [0.2, 0.25) is 6.04 Å². The van der Waals surface area contributed by atoms with Crippen LogP contribution >= 0.6 is 0 Å². The van der Waals surface area contributed by atoms with Gasteiger partial charge in [0.1, 0.15) is 0 Å². The Morgan fingerprint density at radius 1 is 0.850 bits per heavy atom. The number of hydrogen-bond donors (Lipinski definition) is 0. The Balaban J connectivity index is 2.51. The lowest BCUT2D eigenvalue weighted by molar-refractivity contribution is 0.0545. The summed E-state index contributed by atoms with van der Waals surface area (Å²) in [6.45, 7) is 9.58. The highest BCUT2D eigenvalue weighted by Crippen LogP contribution is 2.27. The molecule has 4 nitrogen and oxygen atoms in total. The third-order valence-electron chi connectivity index (χ3n) is 3.34. The Morgan fingerprint density at radius 2 is 1.25 bits per heavy atom. The van der Waals surface area contributed by atoms with Crippen molar-refractivity contribution in [1.29, 1.82) is 0 Å². The van der Waals surface area contributed by atoms with Crippen molar-refractivity contribution < 1.29 is 18.0 Å². The van der Waals surface area contributed by atoms with Gasteiger partial charge in [0.15, 0.2) is 0 Å². The van der Waals surface area contributed by atoms with Crippen LogP contribution in [0.25, 0.3) is 0 Å².